The maximum Gasteiger partial charge on any atom is 0.287 e. The summed E-state index contributed by atoms with van der Waals surface area (Å²) < 4.78 is 31.5. The van der Waals surface area contributed by atoms with Crippen LogP contribution < -0.4 is 10.6 Å². The molecule has 0 heterocycles. The lowest BCUT2D eigenvalue weighted by atomic mass is 9.76. The number of nitrogens with zero attached hydrogens (tertiary/aromatic N) is 1. The lowest BCUT2D eigenvalue weighted by Crippen LogP contribution is -2.61. The fraction of sp³-hybridized carbons (Fsp3) is 0.600. The normalized spacial score (nSPS) is 15.7. The van der Waals surface area contributed by atoms with E-state index in [4.69, 9.17) is 4.55 Å². The fourth-order valence-electron chi connectivity index (χ4n) is 4.06. The van der Waals surface area contributed by atoms with Crippen LogP contribution in [0.2, 0.25) is 0 Å². The lowest BCUT2D eigenvalue weighted by molar-refractivity contribution is -0.140. The number of likely N-dealkylation sites (N-methyl/N-ethyl adjacent to an activating group) is 2. The second-order valence-electron chi connectivity index (χ2n) is 10.6. The third kappa shape index (κ3) is 7.92. The molecule has 0 aliphatic rings. The van der Waals surface area contributed by atoms with Gasteiger partial charge in [0.1, 0.15) is 6.04 Å². The van der Waals surface area contributed by atoms with Crippen molar-refractivity contribution in [1.29, 1.82) is 0 Å². The molecule has 8 nitrogen and oxygen atoms in total. The molecule has 0 saturated heterocycles. The van der Waals surface area contributed by atoms with Gasteiger partial charge in [-0.1, -0.05) is 78.8 Å². The minimum absolute atomic E-state index is 0.134. The molecule has 0 spiro atoms. The molecule has 0 radical (unpaired) electrons. The molecule has 0 aliphatic carbocycles. The SMILES string of the molecule is CN[C@H](C(=O)N[C@H](C(=O)N(C)[C@H](/C=C/S(=O)(=O)O)C(C)C)C(C)(C)C)C(C)(C)c1ccccc1. The Balaban J connectivity index is 3.27. The molecule has 0 saturated carbocycles. The number of amides is 2. The van der Waals surface area contributed by atoms with Crippen LogP contribution in [-0.2, 0) is 25.1 Å². The number of hydrogen-bond donors (Lipinski definition) is 3. The van der Waals surface area contributed by atoms with E-state index in [2.05, 4.69) is 10.6 Å². The molecule has 2 amide bonds. The summed E-state index contributed by atoms with van der Waals surface area (Å²) in [6.07, 6.45) is 1.29. The van der Waals surface area contributed by atoms with Crippen LogP contribution in [0, 0.1) is 11.3 Å². The zero-order valence-corrected chi connectivity index (χ0v) is 22.6. The Morgan fingerprint density at radius 1 is 1.03 bits per heavy atom. The first-order valence-corrected chi connectivity index (χ1v) is 12.9. The second-order valence-corrected chi connectivity index (χ2v) is 11.9. The molecule has 1 aromatic rings. The summed E-state index contributed by atoms with van der Waals surface area (Å²) in [6, 6.07) is 7.61. The van der Waals surface area contributed by atoms with E-state index >= 15 is 0 Å². The van der Waals surface area contributed by atoms with E-state index in [1.807, 2.05) is 78.8 Å². The highest BCUT2D eigenvalue weighted by Gasteiger charge is 2.41. The zero-order valence-electron chi connectivity index (χ0n) is 21.8. The molecule has 34 heavy (non-hydrogen) atoms. The smallest absolute Gasteiger partial charge is 0.287 e. The average Bonchev–Trinajstić information content (AvgIpc) is 2.70. The van der Waals surface area contributed by atoms with Gasteiger partial charge in [-0.15, -0.1) is 0 Å². The highest BCUT2D eigenvalue weighted by molar-refractivity contribution is 7.88. The lowest BCUT2D eigenvalue weighted by Gasteiger charge is -2.39. The summed E-state index contributed by atoms with van der Waals surface area (Å²) in [4.78, 5) is 28.5. The minimum Gasteiger partial charge on any atom is -0.342 e. The van der Waals surface area contributed by atoms with Gasteiger partial charge in [0.2, 0.25) is 11.8 Å². The first kappa shape index (κ1) is 29.8. The van der Waals surface area contributed by atoms with Gasteiger partial charge < -0.3 is 15.5 Å². The molecule has 0 aliphatic heterocycles. The number of carbonyl (C=O) groups is 2. The van der Waals surface area contributed by atoms with Gasteiger partial charge in [-0.3, -0.25) is 14.1 Å². The van der Waals surface area contributed by atoms with Gasteiger partial charge in [-0.05, 0) is 30.0 Å². The van der Waals surface area contributed by atoms with Crippen molar-refractivity contribution in [3.63, 3.8) is 0 Å². The summed E-state index contributed by atoms with van der Waals surface area (Å²) >= 11 is 0. The van der Waals surface area contributed by atoms with Crippen LogP contribution in [-0.4, -0.2) is 61.9 Å². The van der Waals surface area contributed by atoms with E-state index in [1.54, 1.807) is 14.1 Å². The third-order valence-electron chi connectivity index (χ3n) is 6.12. The number of hydrogen-bond acceptors (Lipinski definition) is 5. The van der Waals surface area contributed by atoms with Crippen LogP contribution in [0.4, 0.5) is 0 Å². The molecule has 9 heteroatoms. The molecule has 0 bridgehead atoms. The minimum atomic E-state index is -4.33. The van der Waals surface area contributed by atoms with Gasteiger partial charge in [-0.2, -0.15) is 8.42 Å². The Labute approximate surface area is 204 Å². The standard InChI is InChI=1S/C25H41N3O5S/c1-17(2)19(15-16-34(31,32)33)28(9)23(30)21(24(3,4)5)27-22(29)20(26-8)25(6,7)18-13-11-10-12-14-18/h10-17,19-21,26H,1-9H3,(H,27,29)(H,31,32,33)/b16-15+/t19-,20-,21-/m1/s1. The van der Waals surface area contributed by atoms with Crippen LogP contribution in [0.15, 0.2) is 41.8 Å². The average molecular weight is 496 g/mol. The Morgan fingerprint density at radius 3 is 1.97 bits per heavy atom. The molecule has 0 fully saturated rings. The Hall–Kier alpha value is -2.23. The van der Waals surface area contributed by atoms with Crippen molar-refractivity contribution in [3.8, 4) is 0 Å². The van der Waals surface area contributed by atoms with Gasteiger partial charge in [0.15, 0.2) is 0 Å². The molecule has 3 atom stereocenters. The quantitative estimate of drug-likeness (QED) is 0.430. The van der Waals surface area contributed by atoms with E-state index in [9.17, 15) is 18.0 Å². The summed E-state index contributed by atoms with van der Waals surface area (Å²) in [5.74, 6) is -0.801. The van der Waals surface area contributed by atoms with Crippen molar-refractivity contribution in [2.45, 2.75) is 72.0 Å². The van der Waals surface area contributed by atoms with Crippen molar-refractivity contribution >= 4 is 21.9 Å². The molecular weight excluding hydrogens is 454 g/mol. The van der Waals surface area contributed by atoms with Crippen LogP contribution in [0.3, 0.4) is 0 Å². The Bertz CT molecular complexity index is 966. The monoisotopic (exact) mass is 495 g/mol. The third-order valence-corrected chi connectivity index (χ3v) is 6.62. The maximum atomic E-state index is 13.6. The van der Waals surface area contributed by atoms with E-state index in [0.717, 1.165) is 5.56 Å². The molecule has 192 valence electrons. The van der Waals surface area contributed by atoms with Crippen molar-refractivity contribution in [1.82, 2.24) is 15.5 Å². The fourth-order valence-corrected chi connectivity index (χ4v) is 4.42. The molecule has 1 rings (SSSR count). The van der Waals surface area contributed by atoms with Crippen LogP contribution in [0.1, 0.15) is 54.0 Å². The zero-order chi connectivity index (χ0) is 26.5. The topological polar surface area (TPSA) is 116 Å². The van der Waals surface area contributed by atoms with Crippen LogP contribution in [0.25, 0.3) is 0 Å². The predicted molar refractivity (Wildman–Crippen MR) is 136 cm³/mol. The van der Waals surface area contributed by atoms with Gasteiger partial charge >= 0.3 is 0 Å². The van der Waals surface area contributed by atoms with E-state index in [0.29, 0.717) is 5.41 Å². The highest BCUT2D eigenvalue weighted by Crippen LogP contribution is 2.29. The second kappa shape index (κ2) is 11.5. The number of nitrogens with one attached hydrogen (secondary N) is 2. The van der Waals surface area contributed by atoms with Crippen molar-refractivity contribution in [2.24, 2.45) is 11.3 Å². The van der Waals surface area contributed by atoms with E-state index < -0.39 is 39.1 Å². The Kier molecular flexibility index (Phi) is 10.0. The summed E-state index contributed by atoms with van der Waals surface area (Å²) in [6.45, 7) is 13.2. The first-order valence-electron chi connectivity index (χ1n) is 11.4. The van der Waals surface area contributed by atoms with Crippen molar-refractivity contribution < 1.29 is 22.6 Å². The Morgan fingerprint density at radius 2 is 1.56 bits per heavy atom. The number of rotatable bonds is 10. The van der Waals surface area contributed by atoms with Crippen LogP contribution in [0.5, 0.6) is 0 Å². The summed E-state index contributed by atoms with van der Waals surface area (Å²) in [5.41, 5.74) is -0.198. The first-order chi connectivity index (χ1) is 15.4. The van der Waals surface area contributed by atoms with E-state index in [1.165, 1.54) is 11.0 Å². The van der Waals surface area contributed by atoms with Gasteiger partial charge in [-0.25, -0.2) is 0 Å². The van der Waals surface area contributed by atoms with Gasteiger partial charge in [0, 0.05) is 12.5 Å². The predicted octanol–water partition coefficient (Wildman–Crippen LogP) is 2.97. The van der Waals surface area contributed by atoms with Gasteiger partial charge in [0.05, 0.1) is 17.5 Å². The number of benzene rings is 1. The highest BCUT2D eigenvalue weighted by atomic mass is 32.2. The van der Waals surface area contributed by atoms with Crippen molar-refractivity contribution in [3.05, 3.63) is 47.4 Å². The molecule has 0 aromatic heterocycles. The molecule has 1 aromatic carbocycles. The molecule has 0 unspecified atom stereocenters. The van der Waals surface area contributed by atoms with Gasteiger partial charge in [0.25, 0.3) is 10.1 Å². The van der Waals surface area contributed by atoms with E-state index in [-0.39, 0.29) is 17.7 Å². The van der Waals surface area contributed by atoms with Crippen molar-refractivity contribution in [2.75, 3.05) is 14.1 Å². The van der Waals surface area contributed by atoms with Crippen LogP contribution >= 0.6 is 0 Å². The largest absolute Gasteiger partial charge is 0.342 e. The maximum absolute atomic E-state index is 13.6. The molecular formula is C25H41N3O5S. The molecule has 3 N–H and O–H groups in total. The summed E-state index contributed by atoms with van der Waals surface area (Å²) in [5, 5.41) is 6.73. The number of carbonyl (C=O) groups excluding carboxylic acids is 2. The summed E-state index contributed by atoms with van der Waals surface area (Å²) in [7, 11) is -1.06.